The standard InChI is InChI=1S/C18H23N5O2S/c24-17(9-13-2-3-14-15(8-13)20-11-19-14)22-4-1-5-23(7-6-22)18(25)16-10-26-12-21-16/h2-3,8,11,16,21H,1,4-7,9-10,12H2,(H,19,20). The Hall–Kier alpha value is -2.06. The fraction of sp³-hybridized carbons (Fsp3) is 0.500. The molecular formula is C18H23N5O2S. The molecule has 0 saturated carbocycles. The number of carbonyl (C=O) groups is 2. The molecule has 2 amide bonds. The summed E-state index contributed by atoms with van der Waals surface area (Å²) in [6.45, 7) is 2.66. The number of rotatable bonds is 3. The Labute approximate surface area is 156 Å². The first-order chi connectivity index (χ1) is 12.7. The van der Waals surface area contributed by atoms with Crippen LogP contribution in [0.4, 0.5) is 0 Å². The first kappa shape index (κ1) is 17.4. The SMILES string of the molecule is O=C(Cc1ccc2nc[nH]c2c1)N1CCCN(C(=O)C2CSCN2)CC1. The van der Waals surface area contributed by atoms with E-state index in [1.807, 2.05) is 28.0 Å². The largest absolute Gasteiger partial charge is 0.345 e. The van der Waals surface area contributed by atoms with E-state index in [9.17, 15) is 9.59 Å². The van der Waals surface area contributed by atoms with Gasteiger partial charge in [-0.05, 0) is 24.1 Å². The summed E-state index contributed by atoms with van der Waals surface area (Å²) in [5, 5.41) is 3.24. The minimum atomic E-state index is -0.0663. The summed E-state index contributed by atoms with van der Waals surface area (Å²) >= 11 is 1.76. The van der Waals surface area contributed by atoms with E-state index in [4.69, 9.17) is 0 Å². The maximum Gasteiger partial charge on any atom is 0.240 e. The van der Waals surface area contributed by atoms with Crippen LogP contribution in [0, 0.1) is 0 Å². The predicted molar refractivity (Wildman–Crippen MR) is 102 cm³/mol. The Morgan fingerprint density at radius 2 is 2.04 bits per heavy atom. The van der Waals surface area contributed by atoms with Gasteiger partial charge in [0, 0.05) is 37.8 Å². The zero-order valence-electron chi connectivity index (χ0n) is 14.6. The molecule has 1 aromatic carbocycles. The molecule has 4 rings (SSSR count). The maximum absolute atomic E-state index is 12.7. The summed E-state index contributed by atoms with van der Waals surface area (Å²) in [4.78, 5) is 36.3. The van der Waals surface area contributed by atoms with Crippen LogP contribution in [0.3, 0.4) is 0 Å². The van der Waals surface area contributed by atoms with Gasteiger partial charge in [0.1, 0.15) is 0 Å². The average molecular weight is 373 g/mol. The van der Waals surface area contributed by atoms with Gasteiger partial charge in [0.05, 0.1) is 29.8 Å². The third-order valence-corrected chi connectivity index (χ3v) is 5.95. The molecule has 0 spiro atoms. The molecule has 138 valence electrons. The molecule has 26 heavy (non-hydrogen) atoms. The first-order valence-corrected chi connectivity index (χ1v) is 10.2. The molecule has 1 aromatic heterocycles. The molecule has 8 heteroatoms. The average Bonchev–Trinajstić information content (AvgIpc) is 3.28. The van der Waals surface area contributed by atoms with Gasteiger partial charge in [-0.15, -0.1) is 11.8 Å². The highest BCUT2D eigenvalue weighted by molar-refractivity contribution is 7.99. The van der Waals surface area contributed by atoms with Crippen molar-refractivity contribution < 1.29 is 9.59 Å². The molecular weight excluding hydrogens is 350 g/mol. The summed E-state index contributed by atoms with van der Waals surface area (Å²) < 4.78 is 0. The van der Waals surface area contributed by atoms with E-state index in [0.717, 1.165) is 41.2 Å². The second-order valence-electron chi connectivity index (χ2n) is 6.76. The molecule has 2 fully saturated rings. The van der Waals surface area contributed by atoms with Crippen molar-refractivity contribution in [3.05, 3.63) is 30.1 Å². The number of fused-ring (bicyclic) bond motifs is 1. The molecule has 2 saturated heterocycles. The highest BCUT2D eigenvalue weighted by atomic mass is 32.2. The van der Waals surface area contributed by atoms with Crippen LogP contribution >= 0.6 is 11.8 Å². The summed E-state index contributed by atoms with van der Waals surface area (Å²) in [6.07, 6.45) is 2.87. The highest BCUT2D eigenvalue weighted by Gasteiger charge is 2.29. The Bertz CT molecular complexity index is 802. The quantitative estimate of drug-likeness (QED) is 0.833. The van der Waals surface area contributed by atoms with Crippen molar-refractivity contribution >= 4 is 34.6 Å². The van der Waals surface area contributed by atoms with Gasteiger partial charge in [-0.2, -0.15) is 0 Å². The van der Waals surface area contributed by atoms with Crippen molar-refractivity contribution in [2.75, 3.05) is 37.8 Å². The summed E-state index contributed by atoms with van der Waals surface area (Å²) in [6, 6.07) is 5.81. The Morgan fingerprint density at radius 1 is 1.19 bits per heavy atom. The van der Waals surface area contributed by atoms with Gasteiger partial charge in [-0.1, -0.05) is 6.07 Å². The fourth-order valence-corrected chi connectivity index (χ4v) is 4.47. The van der Waals surface area contributed by atoms with Crippen LogP contribution in [-0.2, 0) is 16.0 Å². The van der Waals surface area contributed by atoms with Gasteiger partial charge in [0.2, 0.25) is 11.8 Å². The number of benzene rings is 1. The van der Waals surface area contributed by atoms with Crippen LogP contribution in [-0.4, -0.2) is 75.4 Å². The molecule has 0 bridgehead atoms. The summed E-state index contributed by atoms with van der Waals surface area (Å²) in [5.74, 6) is 1.98. The fourth-order valence-electron chi connectivity index (χ4n) is 3.54. The van der Waals surface area contributed by atoms with Crippen LogP contribution in [0.25, 0.3) is 11.0 Å². The Morgan fingerprint density at radius 3 is 2.88 bits per heavy atom. The number of nitrogens with one attached hydrogen (secondary N) is 2. The van der Waals surface area contributed by atoms with E-state index >= 15 is 0 Å². The van der Waals surface area contributed by atoms with Crippen LogP contribution in [0.1, 0.15) is 12.0 Å². The van der Waals surface area contributed by atoms with Gasteiger partial charge in [-0.3, -0.25) is 14.9 Å². The van der Waals surface area contributed by atoms with Crippen molar-refractivity contribution in [1.29, 1.82) is 0 Å². The lowest BCUT2D eigenvalue weighted by Gasteiger charge is -2.24. The molecule has 2 aromatic rings. The van der Waals surface area contributed by atoms with Crippen LogP contribution in [0.2, 0.25) is 0 Å². The zero-order valence-corrected chi connectivity index (χ0v) is 15.4. The number of hydrogen-bond acceptors (Lipinski definition) is 5. The summed E-state index contributed by atoms with van der Waals surface area (Å²) in [7, 11) is 0. The molecule has 3 heterocycles. The second-order valence-corrected chi connectivity index (χ2v) is 7.79. The predicted octanol–water partition coefficient (Wildman–Crippen LogP) is 0.829. The number of H-pyrrole nitrogens is 1. The van der Waals surface area contributed by atoms with Gasteiger partial charge >= 0.3 is 0 Å². The van der Waals surface area contributed by atoms with Crippen molar-refractivity contribution in [3.8, 4) is 0 Å². The van der Waals surface area contributed by atoms with Gasteiger partial charge in [0.15, 0.2) is 0 Å². The van der Waals surface area contributed by atoms with Crippen molar-refractivity contribution in [2.24, 2.45) is 0 Å². The topological polar surface area (TPSA) is 81.3 Å². The number of hydrogen-bond donors (Lipinski definition) is 2. The monoisotopic (exact) mass is 373 g/mol. The molecule has 2 aliphatic rings. The highest BCUT2D eigenvalue weighted by Crippen LogP contribution is 2.15. The number of aromatic amines is 1. The molecule has 2 aliphatic heterocycles. The van der Waals surface area contributed by atoms with Crippen molar-refractivity contribution in [3.63, 3.8) is 0 Å². The molecule has 0 radical (unpaired) electrons. The van der Waals surface area contributed by atoms with E-state index in [0.29, 0.717) is 26.1 Å². The van der Waals surface area contributed by atoms with Crippen molar-refractivity contribution in [2.45, 2.75) is 18.9 Å². The minimum Gasteiger partial charge on any atom is -0.345 e. The van der Waals surface area contributed by atoms with Gasteiger partial charge in [0.25, 0.3) is 0 Å². The first-order valence-electron chi connectivity index (χ1n) is 9.00. The number of aromatic nitrogens is 2. The molecule has 1 unspecified atom stereocenters. The smallest absolute Gasteiger partial charge is 0.240 e. The molecule has 7 nitrogen and oxygen atoms in total. The van der Waals surface area contributed by atoms with Gasteiger partial charge in [-0.25, -0.2) is 4.98 Å². The molecule has 2 N–H and O–H groups in total. The third kappa shape index (κ3) is 3.71. The van der Waals surface area contributed by atoms with E-state index in [-0.39, 0.29) is 17.9 Å². The van der Waals surface area contributed by atoms with Gasteiger partial charge < -0.3 is 14.8 Å². The van der Waals surface area contributed by atoms with Crippen LogP contribution < -0.4 is 5.32 Å². The third-order valence-electron chi connectivity index (χ3n) is 5.01. The van der Waals surface area contributed by atoms with Crippen molar-refractivity contribution in [1.82, 2.24) is 25.1 Å². The molecule has 1 atom stereocenters. The number of carbonyl (C=O) groups excluding carboxylic acids is 2. The van der Waals surface area contributed by atoms with Crippen LogP contribution in [0.5, 0.6) is 0 Å². The number of imidazole rings is 1. The summed E-state index contributed by atoms with van der Waals surface area (Å²) in [5.41, 5.74) is 2.84. The lowest BCUT2D eigenvalue weighted by Crippen LogP contribution is -2.46. The second kappa shape index (κ2) is 7.67. The number of amides is 2. The van der Waals surface area contributed by atoms with E-state index < -0.39 is 0 Å². The van der Waals surface area contributed by atoms with E-state index in [1.54, 1.807) is 18.1 Å². The van der Waals surface area contributed by atoms with E-state index in [1.165, 1.54) is 0 Å². The normalized spacial score (nSPS) is 21.2. The zero-order chi connectivity index (χ0) is 17.9. The van der Waals surface area contributed by atoms with E-state index in [2.05, 4.69) is 15.3 Å². The lowest BCUT2D eigenvalue weighted by molar-refractivity contribution is -0.134. The Balaban J connectivity index is 1.35. The Kier molecular flexibility index (Phi) is 5.12. The van der Waals surface area contributed by atoms with Crippen LogP contribution in [0.15, 0.2) is 24.5 Å². The lowest BCUT2D eigenvalue weighted by atomic mass is 10.1. The minimum absolute atomic E-state index is 0.0663. The maximum atomic E-state index is 12.7. The molecule has 0 aliphatic carbocycles. The number of nitrogens with zero attached hydrogens (tertiary/aromatic N) is 3. The number of thioether (sulfide) groups is 1.